The van der Waals surface area contributed by atoms with Crippen LogP contribution in [-0.2, 0) is 0 Å². The smallest absolute Gasteiger partial charge is 0.0592 e. The minimum Gasteiger partial charge on any atom is -0.271 e. The largest absolute Gasteiger partial charge is 0.271 e. The number of hydrogen-bond donors (Lipinski definition) is 2. The average molecular weight is 278 g/mol. The van der Waals surface area contributed by atoms with Crippen LogP contribution < -0.4 is 11.3 Å². The van der Waals surface area contributed by atoms with Crippen molar-refractivity contribution in [1.29, 1.82) is 0 Å². The van der Waals surface area contributed by atoms with Crippen LogP contribution >= 0.6 is 23.1 Å². The van der Waals surface area contributed by atoms with E-state index < -0.39 is 0 Å². The van der Waals surface area contributed by atoms with Gasteiger partial charge in [-0.25, -0.2) is 0 Å². The van der Waals surface area contributed by atoms with E-state index in [-0.39, 0.29) is 6.04 Å². The van der Waals surface area contributed by atoms with E-state index >= 15 is 0 Å². The summed E-state index contributed by atoms with van der Waals surface area (Å²) in [4.78, 5) is 0. The number of hydrogen-bond acceptors (Lipinski definition) is 4. The van der Waals surface area contributed by atoms with Crippen LogP contribution in [0.2, 0.25) is 0 Å². The quantitative estimate of drug-likeness (QED) is 0.664. The summed E-state index contributed by atoms with van der Waals surface area (Å²) in [6, 6.07) is 9.00. The molecule has 1 aliphatic heterocycles. The minimum atomic E-state index is 0.276. The monoisotopic (exact) mass is 278 g/mol. The molecule has 0 spiro atoms. The maximum Gasteiger partial charge on any atom is 0.0592 e. The van der Waals surface area contributed by atoms with Gasteiger partial charge in [0, 0.05) is 9.95 Å². The summed E-state index contributed by atoms with van der Waals surface area (Å²) in [7, 11) is 0. The van der Waals surface area contributed by atoms with Crippen LogP contribution in [0.25, 0.3) is 10.1 Å². The van der Waals surface area contributed by atoms with E-state index in [1.54, 1.807) is 0 Å². The fourth-order valence-electron chi connectivity index (χ4n) is 2.69. The van der Waals surface area contributed by atoms with Crippen molar-refractivity contribution in [2.45, 2.75) is 30.6 Å². The second-order valence-corrected chi connectivity index (χ2v) is 7.00. The third-order valence-corrected chi connectivity index (χ3v) is 6.05. The molecule has 2 unspecified atom stereocenters. The van der Waals surface area contributed by atoms with Gasteiger partial charge in [0.15, 0.2) is 0 Å². The van der Waals surface area contributed by atoms with Crippen molar-refractivity contribution in [2.24, 2.45) is 5.84 Å². The lowest BCUT2D eigenvalue weighted by Gasteiger charge is -2.29. The molecule has 1 saturated heterocycles. The van der Waals surface area contributed by atoms with Gasteiger partial charge < -0.3 is 0 Å². The van der Waals surface area contributed by atoms with Crippen molar-refractivity contribution in [1.82, 2.24) is 5.43 Å². The lowest BCUT2D eigenvalue weighted by Crippen LogP contribution is -2.36. The zero-order valence-corrected chi connectivity index (χ0v) is 11.9. The highest BCUT2D eigenvalue weighted by Crippen LogP contribution is 2.38. The molecule has 2 heterocycles. The van der Waals surface area contributed by atoms with Gasteiger partial charge in [-0.05, 0) is 41.0 Å². The molecule has 1 aromatic carbocycles. The number of hydrazine groups is 1. The van der Waals surface area contributed by atoms with Crippen LogP contribution in [0.3, 0.4) is 0 Å². The summed E-state index contributed by atoms with van der Waals surface area (Å²) >= 11 is 3.88. The zero-order chi connectivity index (χ0) is 12.4. The van der Waals surface area contributed by atoms with E-state index in [2.05, 4.69) is 46.8 Å². The normalized spacial score (nSPS) is 22.2. The highest BCUT2D eigenvalue weighted by Gasteiger charge is 2.26. The van der Waals surface area contributed by atoms with Crippen molar-refractivity contribution in [3.8, 4) is 0 Å². The van der Waals surface area contributed by atoms with Crippen molar-refractivity contribution < 1.29 is 0 Å². The van der Waals surface area contributed by atoms with E-state index in [1.165, 1.54) is 40.7 Å². The van der Waals surface area contributed by atoms with Gasteiger partial charge in [-0.2, -0.15) is 11.8 Å². The van der Waals surface area contributed by atoms with Crippen molar-refractivity contribution in [3.05, 3.63) is 35.2 Å². The fourth-order valence-corrected chi connectivity index (χ4v) is 5.07. The van der Waals surface area contributed by atoms with Crippen LogP contribution in [0.15, 0.2) is 29.6 Å². The SMILES string of the molecule is NNC(c1cccc2ccsc12)C1CCCCS1. The van der Waals surface area contributed by atoms with Gasteiger partial charge in [0.2, 0.25) is 0 Å². The molecule has 3 rings (SSSR count). The second-order valence-electron chi connectivity index (χ2n) is 4.74. The first-order valence-corrected chi connectivity index (χ1v) is 8.37. The fraction of sp³-hybridized carbons (Fsp3) is 0.429. The molecular weight excluding hydrogens is 260 g/mol. The molecule has 1 fully saturated rings. The Hall–Kier alpha value is -0.550. The van der Waals surface area contributed by atoms with E-state index in [0.717, 1.165) is 0 Å². The minimum absolute atomic E-state index is 0.276. The molecule has 2 nitrogen and oxygen atoms in total. The van der Waals surface area contributed by atoms with Gasteiger partial charge in [-0.15, -0.1) is 11.3 Å². The highest BCUT2D eigenvalue weighted by molar-refractivity contribution is 8.00. The molecule has 1 aliphatic rings. The number of benzene rings is 1. The Bertz CT molecular complexity index is 517. The lowest BCUT2D eigenvalue weighted by atomic mass is 9.99. The lowest BCUT2D eigenvalue weighted by molar-refractivity contribution is 0.494. The molecule has 2 atom stereocenters. The first-order valence-electron chi connectivity index (χ1n) is 6.44. The molecule has 0 aliphatic carbocycles. The van der Waals surface area contributed by atoms with E-state index in [0.29, 0.717) is 5.25 Å². The molecule has 4 heteroatoms. The topological polar surface area (TPSA) is 38.0 Å². The Morgan fingerprint density at radius 1 is 1.28 bits per heavy atom. The summed E-state index contributed by atoms with van der Waals surface area (Å²) in [5.74, 6) is 7.10. The summed E-state index contributed by atoms with van der Waals surface area (Å²) in [6.07, 6.45) is 3.94. The van der Waals surface area contributed by atoms with Crippen molar-refractivity contribution >= 4 is 33.2 Å². The van der Waals surface area contributed by atoms with Gasteiger partial charge in [-0.3, -0.25) is 11.3 Å². The van der Waals surface area contributed by atoms with E-state index in [1.807, 2.05) is 11.3 Å². The van der Waals surface area contributed by atoms with Gasteiger partial charge in [0.05, 0.1) is 6.04 Å². The number of thioether (sulfide) groups is 1. The number of fused-ring (bicyclic) bond motifs is 1. The number of nitrogens with two attached hydrogens (primary N) is 1. The van der Waals surface area contributed by atoms with Gasteiger partial charge in [0.1, 0.15) is 0 Å². The third-order valence-electron chi connectivity index (χ3n) is 3.61. The van der Waals surface area contributed by atoms with Gasteiger partial charge in [0.25, 0.3) is 0 Å². The van der Waals surface area contributed by atoms with Gasteiger partial charge in [-0.1, -0.05) is 24.6 Å². The molecule has 3 N–H and O–H groups in total. The predicted molar refractivity (Wildman–Crippen MR) is 82.0 cm³/mol. The standard InChI is InChI=1S/C14H18N2S2/c15-16-13(12-6-1-2-8-17-12)11-5-3-4-10-7-9-18-14(10)11/h3-5,7,9,12-13,16H,1-2,6,8,15H2. The first-order chi connectivity index (χ1) is 8.90. The van der Waals surface area contributed by atoms with Crippen LogP contribution in [0.4, 0.5) is 0 Å². The summed E-state index contributed by atoms with van der Waals surface area (Å²) < 4.78 is 1.38. The number of rotatable bonds is 3. The Kier molecular flexibility index (Phi) is 3.89. The molecule has 0 amide bonds. The Labute approximate surface area is 116 Å². The molecule has 1 aromatic heterocycles. The summed E-state index contributed by atoms with van der Waals surface area (Å²) in [5.41, 5.74) is 4.42. The molecular formula is C14H18N2S2. The molecule has 2 aromatic rings. The van der Waals surface area contributed by atoms with Crippen LogP contribution in [0.1, 0.15) is 30.9 Å². The Morgan fingerprint density at radius 3 is 3.00 bits per heavy atom. The van der Waals surface area contributed by atoms with Crippen molar-refractivity contribution in [3.63, 3.8) is 0 Å². The van der Waals surface area contributed by atoms with Crippen LogP contribution in [-0.4, -0.2) is 11.0 Å². The molecule has 0 bridgehead atoms. The zero-order valence-electron chi connectivity index (χ0n) is 10.3. The summed E-state index contributed by atoms with van der Waals surface area (Å²) in [6.45, 7) is 0. The molecule has 0 saturated carbocycles. The average Bonchev–Trinajstić information content (AvgIpc) is 2.90. The van der Waals surface area contributed by atoms with E-state index in [4.69, 9.17) is 5.84 Å². The Balaban J connectivity index is 1.97. The second kappa shape index (κ2) is 5.61. The summed E-state index contributed by atoms with van der Waals surface area (Å²) in [5, 5.41) is 4.10. The molecule has 96 valence electrons. The molecule has 0 radical (unpaired) electrons. The molecule has 18 heavy (non-hydrogen) atoms. The third kappa shape index (κ3) is 2.30. The maximum atomic E-state index is 5.84. The van der Waals surface area contributed by atoms with Gasteiger partial charge >= 0.3 is 0 Å². The first kappa shape index (κ1) is 12.5. The number of nitrogens with one attached hydrogen (secondary N) is 1. The predicted octanol–water partition coefficient (Wildman–Crippen LogP) is 3.69. The highest BCUT2D eigenvalue weighted by atomic mass is 32.2. The Morgan fingerprint density at radius 2 is 2.22 bits per heavy atom. The maximum absolute atomic E-state index is 5.84. The van der Waals surface area contributed by atoms with Crippen LogP contribution in [0.5, 0.6) is 0 Å². The van der Waals surface area contributed by atoms with Crippen molar-refractivity contribution in [2.75, 3.05) is 5.75 Å². The van der Waals surface area contributed by atoms with Crippen LogP contribution in [0, 0.1) is 0 Å². The van der Waals surface area contributed by atoms with E-state index in [9.17, 15) is 0 Å². The number of thiophene rings is 1.